The van der Waals surface area contributed by atoms with Crippen molar-refractivity contribution < 1.29 is 9.90 Å². The molecule has 1 aromatic carbocycles. The van der Waals surface area contributed by atoms with Crippen molar-refractivity contribution in [3.8, 4) is 0 Å². The Balaban J connectivity index is 2.05. The minimum absolute atomic E-state index is 0.0141. The van der Waals surface area contributed by atoms with Gasteiger partial charge in [-0.2, -0.15) is 0 Å². The summed E-state index contributed by atoms with van der Waals surface area (Å²) < 4.78 is 0. The minimum atomic E-state index is -0.832. The number of hydrogen-bond acceptors (Lipinski definition) is 2. The van der Waals surface area contributed by atoms with Crippen LogP contribution >= 0.6 is 0 Å². The van der Waals surface area contributed by atoms with Gasteiger partial charge in [-0.3, -0.25) is 4.79 Å². The van der Waals surface area contributed by atoms with Crippen molar-refractivity contribution in [1.29, 1.82) is 0 Å². The van der Waals surface area contributed by atoms with Crippen molar-refractivity contribution in [2.75, 3.05) is 6.54 Å². The molecule has 14 heavy (non-hydrogen) atoms. The molecule has 0 bridgehead atoms. The van der Waals surface area contributed by atoms with E-state index in [9.17, 15) is 4.79 Å². The van der Waals surface area contributed by atoms with E-state index in [1.54, 1.807) is 0 Å². The highest BCUT2D eigenvalue weighted by atomic mass is 16.4. The summed E-state index contributed by atoms with van der Waals surface area (Å²) in [7, 11) is 0. The maximum atomic E-state index is 10.3. The first-order valence-electron chi connectivity index (χ1n) is 4.50. The fraction of sp³-hybridized carbons (Fsp3) is 0.182. The summed E-state index contributed by atoms with van der Waals surface area (Å²) in [5.74, 6) is -0.832. The second kappa shape index (κ2) is 3.54. The van der Waals surface area contributed by atoms with E-state index in [0.717, 1.165) is 12.1 Å². The molecule has 1 aliphatic rings. The predicted molar refractivity (Wildman–Crippen MR) is 53.8 cm³/mol. The number of nitrogens with one attached hydrogen (secondary N) is 1. The van der Waals surface area contributed by atoms with E-state index in [1.165, 1.54) is 11.1 Å². The molecule has 0 fully saturated rings. The van der Waals surface area contributed by atoms with Gasteiger partial charge in [-0.05, 0) is 17.2 Å². The zero-order chi connectivity index (χ0) is 9.97. The third-order valence-electron chi connectivity index (χ3n) is 2.23. The van der Waals surface area contributed by atoms with Crippen molar-refractivity contribution in [2.45, 2.75) is 6.42 Å². The molecule has 0 aromatic heterocycles. The van der Waals surface area contributed by atoms with Gasteiger partial charge in [-0.15, -0.1) is 0 Å². The zero-order valence-electron chi connectivity index (χ0n) is 7.66. The minimum Gasteiger partial charge on any atom is -0.480 e. The second-order valence-electron chi connectivity index (χ2n) is 3.29. The Hall–Kier alpha value is -1.77. The largest absolute Gasteiger partial charge is 0.480 e. The Labute approximate surface area is 82.1 Å². The van der Waals surface area contributed by atoms with Gasteiger partial charge < -0.3 is 10.4 Å². The van der Waals surface area contributed by atoms with Crippen LogP contribution in [0.5, 0.6) is 0 Å². The lowest BCUT2D eigenvalue weighted by atomic mass is 10.1. The molecule has 0 heterocycles. The summed E-state index contributed by atoms with van der Waals surface area (Å²) in [4.78, 5) is 10.3. The Bertz CT molecular complexity index is 396. The van der Waals surface area contributed by atoms with Crippen LogP contribution in [0.2, 0.25) is 0 Å². The Morgan fingerprint density at radius 1 is 1.43 bits per heavy atom. The highest BCUT2D eigenvalue weighted by Gasteiger charge is 2.11. The van der Waals surface area contributed by atoms with Gasteiger partial charge in [0.25, 0.3) is 0 Å². The summed E-state index contributed by atoms with van der Waals surface area (Å²) in [6.07, 6.45) is 2.81. The number of rotatable bonds is 3. The summed E-state index contributed by atoms with van der Waals surface area (Å²) in [5.41, 5.74) is 3.41. The number of hydrogen-bond donors (Lipinski definition) is 2. The predicted octanol–water partition coefficient (Wildman–Crippen LogP) is 1.26. The lowest BCUT2D eigenvalue weighted by Crippen LogP contribution is -2.21. The molecule has 1 aliphatic carbocycles. The number of benzene rings is 1. The van der Waals surface area contributed by atoms with Crippen molar-refractivity contribution in [2.24, 2.45) is 0 Å². The topological polar surface area (TPSA) is 49.3 Å². The van der Waals surface area contributed by atoms with E-state index in [0.29, 0.717) is 0 Å². The maximum absolute atomic E-state index is 10.3. The van der Waals surface area contributed by atoms with Crippen molar-refractivity contribution in [3.05, 3.63) is 41.1 Å². The van der Waals surface area contributed by atoms with Crippen LogP contribution in [0.4, 0.5) is 0 Å². The van der Waals surface area contributed by atoms with E-state index < -0.39 is 5.97 Å². The van der Waals surface area contributed by atoms with E-state index in [2.05, 4.69) is 11.4 Å². The van der Waals surface area contributed by atoms with Crippen LogP contribution < -0.4 is 5.32 Å². The summed E-state index contributed by atoms with van der Waals surface area (Å²) in [5, 5.41) is 11.4. The van der Waals surface area contributed by atoms with Crippen LogP contribution in [-0.2, 0) is 11.2 Å². The molecule has 0 saturated heterocycles. The van der Waals surface area contributed by atoms with E-state index in [4.69, 9.17) is 5.11 Å². The van der Waals surface area contributed by atoms with Gasteiger partial charge >= 0.3 is 5.97 Å². The third-order valence-corrected chi connectivity index (χ3v) is 2.23. The first-order valence-corrected chi connectivity index (χ1v) is 4.50. The standard InChI is InChI=1S/C11H11NO2/c13-11(14)7-12-10-5-8-3-1-2-4-9(8)6-10/h1-5,12H,6-7H2,(H,13,14). The smallest absolute Gasteiger partial charge is 0.322 e. The molecule has 72 valence electrons. The van der Waals surface area contributed by atoms with E-state index in [1.807, 2.05) is 24.3 Å². The summed E-state index contributed by atoms with van der Waals surface area (Å²) in [6.45, 7) is -0.0141. The van der Waals surface area contributed by atoms with Gasteiger partial charge in [0.05, 0.1) is 0 Å². The van der Waals surface area contributed by atoms with Gasteiger partial charge in [-0.25, -0.2) is 0 Å². The first-order chi connectivity index (χ1) is 6.75. The fourth-order valence-electron chi connectivity index (χ4n) is 1.58. The van der Waals surface area contributed by atoms with Crippen LogP contribution in [0, 0.1) is 0 Å². The third kappa shape index (κ3) is 1.76. The molecule has 3 heteroatoms. The number of carboxylic acid groups (broad SMARTS) is 1. The van der Waals surface area contributed by atoms with Crippen molar-refractivity contribution >= 4 is 12.0 Å². The second-order valence-corrected chi connectivity index (χ2v) is 3.29. The number of carbonyl (C=O) groups is 1. The number of allylic oxidation sites excluding steroid dienone is 1. The Morgan fingerprint density at radius 2 is 2.21 bits per heavy atom. The van der Waals surface area contributed by atoms with E-state index >= 15 is 0 Å². The van der Waals surface area contributed by atoms with Crippen LogP contribution in [0.15, 0.2) is 30.0 Å². The zero-order valence-corrected chi connectivity index (χ0v) is 7.66. The molecule has 0 atom stereocenters. The van der Waals surface area contributed by atoms with Crippen molar-refractivity contribution in [3.63, 3.8) is 0 Å². The SMILES string of the molecule is O=C(O)CNC1=Cc2ccccc2C1. The van der Waals surface area contributed by atoms with Crippen LogP contribution in [-0.4, -0.2) is 17.6 Å². The molecule has 0 saturated carbocycles. The summed E-state index contributed by atoms with van der Waals surface area (Å²) in [6, 6.07) is 8.06. The molecule has 0 unspecified atom stereocenters. The average molecular weight is 189 g/mol. The van der Waals surface area contributed by atoms with Gasteiger partial charge in [0, 0.05) is 12.1 Å². The Morgan fingerprint density at radius 3 is 2.93 bits per heavy atom. The molecule has 0 amide bonds. The molecule has 3 nitrogen and oxygen atoms in total. The summed E-state index contributed by atoms with van der Waals surface area (Å²) >= 11 is 0. The van der Waals surface area contributed by atoms with Crippen LogP contribution in [0.3, 0.4) is 0 Å². The van der Waals surface area contributed by atoms with Gasteiger partial charge in [0.1, 0.15) is 6.54 Å². The maximum Gasteiger partial charge on any atom is 0.322 e. The number of carboxylic acids is 1. The van der Waals surface area contributed by atoms with Gasteiger partial charge in [-0.1, -0.05) is 24.3 Å². The quantitative estimate of drug-likeness (QED) is 0.752. The molecular weight excluding hydrogens is 178 g/mol. The number of fused-ring (bicyclic) bond motifs is 1. The van der Waals surface area contributed by atoms with Crippen LogP contribution in [0.25, 0.3) is 6.08 Å². The van der Waals surface area contributed by atoms with Crippen molar-refractivity contribution in [1.82, 2.24) is 5.32 Å². The lowest BCUT2D eigenvalue weighted by molar-refractivity contribution is -0.135. The molecule has 0 radical (unpaired) electrons. The van der Waals surface area contributed by atoms with Gasteiger partial charge in [0.2, 0.25) is 0 Å². The average Bonchev–Trinajstić information content (AvgIpc) is 2.57. The highest BCUT2D eigenvalue weighted by Crippen LogP contribution is 2.22. The van der Waals surface area contributed by atoms with Crippen LogP contribution in [0.1, 0.15) is 11.1 Å². The monoisotopic (exact) mass is 189 g/mol. The number of aliphatic carboxylic acids is 1. The fourth-order valence-corrected chi connectivity index (χ4v) is 1.58. The van der Waals surface area contributed by atoms with Gasteiger partial charge in [0.15, 0.2) is 0 Å². The Kier molecular flexibility index (Phi) is 2.23. The highest BCUT2D eigenvalue weighted by molar-refractivity contribution is 5.70. The molecular formula is C11H11NO2. The molecule has 2 N–H and O–H groups in total. The normalized spacial score (nSPS) is 13.3. The lowest BCUT2D eigenvalue weighted by Gasteiger charge is -2.02. The molecule has 2 rings (SSSR count). The molecule has 0 aliphatic heterocycles. The first kappa shape index (κ1) is 8.81. The molecule has 0 spiro atoms. The van der Waals surface area contributed by atoms with E-state index in [-0.39, 0.29) is 6.54 Å². The molecule has 1 aromatic rings.